The third-order valence-corrected chi connectivity index (χ3v) is 4.42. The summed E-state index contributed by atoms with van der Waals surface area (Å²) in [6, 6.07) is 12.4. The summed E-state index contributed by atoms with van der Waals surface area (Å²) in [6.45, 7) is 4.00. The van der Waals surface area contributed by atoms with Gasteiger partial charge in [-0.15, -0.1) is 11.3 Å². The van der Waals surface area contributed by atoms with Gasteiger partial charge in [0.05, 0.1) is 5.39 Å². The fourth-order valence-electron chi connectivity index (χ4n) is 2.43. The molecule has 1 aromatic carbocycles. The highest BCUT2D eigenvalue weighted by Crippen LogP contribution is 2.29. The third kappa shape index (κ3) is 3.26. The van der Waals surface area contributed by atoms with Crippen molar-refractivity contribution in [2.24, 2.45) is 0 Å². The number of anilines is 1. The van der Waals surface area contributed by atoms with Crippen LogP contribution in [0.4, 0.5) is 5.82 Å². The minimum Gasteiger partial charge on any atom is -0.361 e. The van der Waals surface area contributed by atoms with Crippen molar-refractivity contribution in [2.75, 3.05) is 12.4 Å². The topological polar surface area (TPSA) is 47.0 Å². The number of nitrogens with one attached hydrogen (secondary N) is 1. The van der Waals surface area contributed by atoms with Crippen LogP contribution in [0.25, 0.3) is 10.2 Å². The molecule has 3 rings (SSSR count). The molecule has 114 valence electrons. The first-order valence-corrected chi connectivity index (χ1v) is 8.05. The number of nitrogens with zero attached hydrogens (tertiary/aromatic N) is 2. The molecule has 0 aliphatic heterocycles. The molecular weight excluding hydrogens is 294 g/mol. The number of methoxy groups -OCH3 is 1. The van der Waals surface area contributed by atoms with Gasteiger partial charge in [0.2, 0.25) is 0 Å². The van der Waals surface area contributed by atoms with Crippen LogP contribution in [0.3, 0.4) is 0 Å². The summed E-state index contributed by atoms with van der Waals surface area (Å²) in [5.41, 5.74) is 1.23. The van der Waals surface area contributed by atoms with Crippen LogP contribution in [-0.2, 0) is 11.2 Å². The Balaban J connectivity index is 1.87. The number of fused-ring (bicyclic) bond motifs is 1. The van der Waals surface area contributed by atoms with Crippen LogP contribution in [0.1, 0.15) is 16.3 Å². The van der Waals surface area contributed by atoms with E-state index in [1.54, 1.807) is 18.4 Å². The number of hydrogen-bond acceptors (Lipinski definition) is 5. The lowest BCUT2D eigenvalue weighted by molar-refractivity contribution is 0.125. The zero-order valence-electron chi connectivity index (χ0n) is 13.0. The van der Waals surface area contributed by atoms with E-state index >= 15 is 0 Å². The van der Waals surface area contributed by atoms with E-state index in [0.29, 0.717) is 0 Å². The van der Waals surface area contributed by atoms with E-state index in [2.05, 4.69) is 40.4 Å². The van der Waals surface area contributed by atoms with Gasteiger partial charge in [-0.3, -0.25) is 0 Å². The molecule has 1 N–H and O–H groups in total. The number of hydrogen-bond donors (Lipinski definition) is 1. The molecule has 0 fully saturated rings. The van der Waals surface area contributed by atoms with Crippen LogP contribution >= 0.6 is 11.3 Å². The summed E-state index contributed by atoms with van der Waals surface area (Å²) in [4.78, 5) is 11.3. The highest BCUT2D eigenvalue weighted by atomic mass is 32.1. The van der Waals surface area contributed by atoms with E-state index < -0.39 is 0 Å². The summed E-state index contributed by atoms with van der Waals surface area (Å²) >= 11 is 1.69. The van der Waals surface area contributed by atoms with E-state index in [0.717, 1.165) is 28.3 Å². The van der Waals surface area contributed by atoms with Crippen LogP contribution in [0.2, 0.25) is 0 Å². The van der Waals surface area contributed by atoms with E-state index in [1.807, 2.05) is 25.1 Å². The van der Waals surface area contributed by atoms with E-state index in [9.17, 15) is 0 Å². The lowest BCUT2D eigenvalue weighted by Gasteiger charge is -2.18. The van der Waals surface area contributed by atoms with Gasteiger partial charge in [0.1, 0.15) is 22.7 Å². The van der Waals surface area contributed by atoms with Gasteiger partial charge >= 0.3 is 0 Å². The molecule has 0 amide bonds. The Bertz CT molecular complexity index is 770. The van der Waals surface area contributed by atoms with Gasteiger partial charge in [-0.05, 0) is 25.5 Å². The summed E-state index contributed by atoms with van der Waals surface area (Å²) in [6.07, 6.45) is 0.658. The Labute approximate surface area is 134 Å². The first kappa shape index (κ1) is 14.9. The van der Waals surface area contributed by atoms with Crippen LogP contribution in [-0.4, -0.2) is 23.3 Å². The van der Waals surface area contributed by atoms with E-state index in [4.69, 9.17) is 4.74 Å². The second-order valence-electron chi connectivity index (χ2n) is 5.25. The maximum atomic E-state index is 5.59. The zero-order chi connectivity index (χ0) is 15.5. The molecule has 3 aromatic rings. The fourth-order valence-corrected chi connectivity index (χ4v) is 3.36. The molecule has 0 aliphatic rings. The lowest BCUT2D eigenvalue weighted by Crippen LogP contribution is -2.25. The minimum absolute atomic E-state index is 0.125. The van der Waals surface area contributed by atoms with Crippen LogP contribution in [0, 0.1) is 13.8 Å². The van der Waals surface area contributed by atoms with Crippen molar-refractivity contribution >= 4 is 27.4 Å². The monoisotopic (exact) mass is 313 g/mol. The Morgan fingerprint density at radius 1 is 1.18 bits per heavy atom. The highest BCUT2D eigenvalue weighted by molar-refractivity contribution is 7.18. The van der Waals surface area contributed by atoms with Crippen LogP contribution < -0.4 is 5.32 Å². The number of thiophene rings is 1. The molecule has 0 spiro atoms. The largest absolute Gasteiger partial charge is 0.361 e. The van der Waals surface area contributed by atoms with Gasteiger partial charge < -0.3 is 10.1 Å². The quantitative estimate of drug-likeness (QED) is 0.725. The summed E-state index contributed by atoms with van der Waals surface area (Å²) in [5.74, 6) is 1.61. The van der Waals surface area contributed by atoms with Crippen molar-refractivity contribution in [3.63, 3.8) is 0 Å². The fraction of sp³-hybridized carbons (Fsp3) is 0.294. The Morgan fingerprint density at radius 3 is 2.68 bits per heavy atom. The molecule has 0 bridgehead atoms. The highest BCUT2D eigenvalue weighted by Gasteiger charge is 2.14. The average molecular weight is 313 g/mol. The number of aryl methyl sites for hydroxylation is 2. The lowest BCUT2D eigenvalue weighted by atomic mass is 10.1. The van der Waals surface area contributed by atoms with Crippen molar-refractivity contribution in [1.29, 1.82) is 0 Å². The molecule has 0 saturated carbocycles. The van der Waals surface area contributed by atoms with Crippen molar-refractivity contribution in [3.8, 4) is 0 Å². The number of aromatic nitrogens is 2. The smallest absolute Gasteiger partial charge is 0.140 e. The Morgan fingerprint density at radius 2 is 1.95 bits per heavy atom. The first-order valence-electron chi connectivity index (χ1n) is 7.24. The predicted molar refractivity (Wildman–Crippen MR) is 91.5 cm³/mol. The van der Waals surface area contributed by atoms with Crippen molar-refractivity contribution in [1.82, 2.24) is 9.97 Å². The second kappa shape index (κ2) is 6.42. The van der Waals surface area contributed by atoms with Crippen LogP contribution in [0.15, 0.2) is 36.4 Å². The van der Waals surface area contributed by atoms with Gasteiger partial charge in [0.15, 0.2) is 0 Å². The number of rotatable bonds is 5. The molecule has 22 heavy (non-hydrogen) atoms. The predicted octanol–water partition coefficient (Wildman–Crippen LogP) is 3.94. The van der Waals surface area contributed by atoms with Crippen molar-refractivity contribution < 1.29 is 4.74 Å². The first-order chi connectivity index (χ1) is 10.7. The minimum atomic E-state index is -0.125. The third-order valence-electron chi connectivity index (χ3n) is 3.47. The molecule has 1 atom stereocenters. The van der Waals surface area contributed by atoms with Crippen LogP contribution in [0.5, 0.6) is 0 Å². The van der Waals surface area contributed by atoms with Gasteiger partial charge in [-0.25, -0.2) is 9.97 Å². The molecule has 2 heterocycles. The number of ether oxygens (including phenoxy) is 1. The number of benzene rings is 1. The Kier molecular flexibility index (Phi) is 4.36. The molecule has 0 saturated heterocycles. The summed E-state index contributed by atoms with van der Waals surface area (Å²) < 4.78 is 5.59. The second-order valence-corrected chi connectivity index (χ2v) is 6.49. The molecular formula is C17H19N3OS. The molecule has 1 unspecified atom stereocenters. The van der Waals surface area contributed by atoms with Gasteiger partial charge in [0.25, 0.3) is 0 Å². The van der Waals surface area contributed by atoms with Crippen molar-refractivity contribution in [2.45, 2.75) is 26.5 Å². The maximum Gasteiger partial charge on any atom is 0.140 e. The standard InChI is InChI=1S/C17H19N3OS/c1-11-9-14-16(18-12(2)19-17(14)22-11)20-15(21-3)10-13-7-5-4-6-8-13/h4-9,15H,10H2,1-3H3,(H,18,19,20). The average Bonchev–Trinajstić information content (AvgIpc) is 2.88. The summed E-state index contributed by atoms with van der Waals surface area (Å²) in [7, 11) is 1.71. The molecule has 2 aromatic heterocycles. The van der Waals surface area contributed by atoms with Gasteiger partial charge in [-0.1, -0.05) is 30.3 Å². The molecule has 0 radical (unpaired) electrons. The maximum absolute atomic E-state index is 5.59. The Hall–Kier alpha value is -1.98. The SMILES string of the molecule is COC(Cc1ccccc1)Nc1nc(C)nc2sc(C)cc12. The van der Waals surface area contributed by atoms with E-state index in [1.165, 1.54) is 10.4 Å². The molecule has 5 heteroatoms. The van der Waals surface area contributed by atoms with Gasteiger partial charge in [0, 0.05) is 18.4 Å². The molecule has 0 aliphatic carbocycles. The normalized spacial score (nSPS) is 12.5. The summed E-state index contributed by atoms with van der Waals surface area (Å²) in [5, 5.41) is 4.47. The molecule has 4 nitrogen and oxygen atoms in total. The zero-order valence-corrected chi connectivity index (χ0v) is 13.8. The van der Waals surface area contributed by atoms with Gasteiger partial charge in [-0.2, -0.15) is 0 Å². The van der Waals surface area contributed by atoms with E-state index in [-0.39, 0.29) is 6.23 Å². The van der Waals surface area contributed by atoms with Crippen molar-refractivity contribution in [3.05, 3.63) is 52.7 Å².